The van der Waals surface area contributed by atoms with Gasteiger partial charge >= 0.3 is 12.1 Å². The summed E-state index contributed by atoms with van der Waals surface area (Å²) in [5.41, 5.74) is 3.41. The zero-order chi connectivity index (χ0) is 18.0. The molecule has 0 amide bonds. The maximum Gasteiger partial charge on any atom is 0.417 e. The standard InChI is InChI=1S/C14H15F3N4O3/c1-8(4-11(18)21-19)12(22)24-13(6-23-7-13)10-3-2-9(5-20-10)14(15,16)17/h2-3,5H,1,4,6-7,19H2,(H2,18,21). The third kappa shape index (κ3) is 3.65. The van der Waals surface area contributed by atoms with Gasteiger partial charge in [-0.3, -0.25) is 4.98 Å². The van der Waals surface area contributed by atoms with Crippen LogP contribution >= 0.6 is 0 Å². The fourth-order valence-corrected chi connectivity index (χ4v) is 1.96. The number of nitrogens with two attached hydrogens (primary N) is 2. The Morgan fingerprint density at radius 1 is 1.46 bits per heavy atom. The summed E-state index contributed by atoms with van der Waals surface area (Å²) in [5, 5.41) is 3.21. The minimum absolute atomic E-state index is 0.000105. The number of carbonyl (C=O) groups is 1. The molecule has 1 aromatic rings. The van der Waals surface area contributed by atoms with E-state index < -0.39 is 23.3 Å². The van der Waals surface area contributed by atoms with Gasteiger partial charge in [-0.1, -0.05) is 6.58 Å². The minimum Gasteiger partial charge on any atom is -0.444 e. The van der Waals surface area contributed by atoms with Crippen LogP contribution in [0.4, 0.5) is 13.2 Å². The molecule has 1 aliphatic heterocycles. The summed E-state index contributed by atoms with van der Waals surface area (Å²) >= 11 is 0. The third-order valence-corrected chi connectivity index (χ3v) is 3.37. The van der Waals surface area contributed by atoms with Gasteiger partial charge in [0.2, 0.25) is 5.60 Å². The van der Waals surface area contributed by atoms with E-state index in [-0.39, 0.29) is 36.7 Å². The van der Waals surface area contributed by atoms with E-state index in [1.54, 1.807) is 0 Å². The average molecular weight is 344 g/mol. The molecule has 2 heterocycles. The molecule has 0 atom stereocenters. The van der Waals surface area contributed by atoms with Crippen LogP contribution in [0.3, 0.4) is 0 Å². The van der Waals surface area contributed by atoms with Crippen LogP contribution in [0, 0.1) is 0 Å². The topological polar surface area (TPSA) is 113 Å². The van der Waals surface area contributed by atoms with Crippen LogP contribution in [-0.4, -0.2) is 30.0 Å². The first kappa shape index (κ1) is 17.7. The molecule has 0 bridgehead atoms. The Kier molecular flexibility index (Phi) is 4.78. The molecule has 130 valence electrons. The SMILES string of the molecule is C=C(C/C(N)=N/N)C(=O)OC1(c2ccc(C(F)(F)F)cn2)COC1. The van der Waals surface area contributed by atoms with Gasteiger partial charge in [-0.05, 0) is 12.1 Å². The smallest absolute Gasteiger partial charge is 0.417 e. The van der Waals surface area contributed by atoms with Gasteiger partial charge in [0.05, 0.1) is 24.5 Å². The average Bonchev–Trinajstić information content (AvgIpc) is 2.49. The number of halogens is 3. The summed E-state index contributed by atoms with van der Waals surface area (Å²) in [6.07, 6.45) is -3.91. The first-order chi connectivity index (χ1) is 11.2. The van der Waals surface area contributed by atoms with E-state index in [2.05, 4.69) is 16.7 Å². The summed E-state index contributed by atoms with van der Waals surface area (Å²) in [6.45, 7) is 3.48. The van der Waals surface area contributed by atoms with Gasteiger partial charge in [0, 0.05) is 18.2 Å². The number of amidine groups is 1. The van der Waals surface area contributed by atoms with Crippen molar-refractivity contribution >= 4 is 11.8 Å². The Hall–Kier alpha value is -2.62. The molecule has 0 aromatic carbocycles. The number of carbonyl (C=O) groups excluding carboxylic acids is 1. The summed E-state index contributed by atoms with van der Waals surface area (Å²) in [5.74, 6) is 4.18. The Labute approximate surface area is 135 Å². The molecular formula is C14H15F3N4O3. The van der Waals surface area contributed by atoms with Crippen molar-refractivity contribution in [3.05, 3.63) is 41.7 Å². The highest BCUT2D eigenvalue weighted by molar-refractivity contribution is 5.96. The molecule has 1 aromatic heterocycles. The number of alkyl halides is 3. The first-order valence-electron chi connectivity index (χ1n) is 6.73. The van der Waals surface area contributed by atoms with Crippen molar-refractivity contribution in [2.24, 2.45) is 16.7 Å². The minimum atomic E-state index is -4.50. The fraction of sp³-hybridized carbons (Fsp3) is 0.357. The molecule has 4 N–H and O–H groups in total. The van der Waals surface area contributed by atoms with Crippen molar-refractivity contribution in [1.29, 1.82) is 0 Å². The summed E-state index contributed by atoms with van der Waals surface area (Å²) in [4.78, 5) is 15.8. The second-order valence-corrected chi connectivity index (χ2v) is 5.21. The van der Waals surface area contributed by atoms with Gasteiger partial charge in [0.25, 0.3) is 0 Å². The lowest BCUT2D eigenvalue weighted by atomic mass is 9.96. The van der Waals surface area contributed by atoms with Gasteiger partial charge in [0.15, 0.2) is 0 Å². The summed E-state index contributed by atoms with van der Waals surface area (Å²) in [7, 11) is 0. The lowest BCUT2D eigenvalue weighted by Gasteiger charge is -2.40. The van der Waals surface area contributed by atoms with Crippen molar-refractivity contribution in [3.63, 3.8) is 0 Å². The molecule has 0 spiro atoms. The molecule has 1 saturated heterocycles. The normalized spacial score (nSPS) is 17.0. The van der Waals surface area contributed by atoms with Crippen LogP contribution in [0.15, 0.2) is 35.6 Å². The van der Waals surface area contributed by atoms with Gasteiger partial charge < -0.3 is 21.1 Å². The second kappa shape index (κ2) is 6.48. The van der Waals surface area contributed by atoms with Crippen LogP contribution in [-0.2, 0) is 26.0 Å². The second-order valence-electron chi connectivity index (χ2n) is 5.21. The van der Waals surface area contributed by atoms with Gasteiger partial charge in [-0.2, -0.15) is 18.3 Å². The predicted octanol–water partition coefficient (Wildman–Crippen LogP) is 1.05. The van der Waals surface area contributed by atoms with Crippen molar-refractivity contribution < 1.29 is 27.4 Å². The van der Waals surface area contributed by atoms with Crippen molar-refractivity contribution in [1.82, 2.24) is 4.98 Å². The van der Waals surface area contributed by atoms with Crippen LogP contribution < -0.4 is 11.6 Å². The summed E-state index contributed by atoms with van der Waals surface area (Å²) in [6, 6.07) is 2.02. The van der Waals surface area contributed by atoms with Gasteiger partial charge in [0.1, 0.15) is 5.84 Å². The molecule has 0 saturated carbocycles. The predicted molar refractivity (Wildman–Crippen MR) is 77.4 cm³/mol. The Bertz CT molecular complexity index is 667. The monoisotopic (exact) mass is 344 g/mol. The van der Waals surface area contributed by atoms with Crippen molar-refractivity contribution in [2.75, 3.05) is 13.2 Å². The molecule has 0 aliphatic carbocycles. The Balaban J connectivity index is 2.14. The number of hydrogen-bond donors (Lipinski definition) is 2. The third-order valence-electron chi connectivity index (χ3n) is 3.37. The molecule has 1 fully saturated rings. The highest BCUT2D eigenvalue weighted by Gasteiger charge is 2.46. The lowest BCUT2D eigenvalue weighted by Crippen LogP contribution is -2.51. The molecule has 24 heavy (non-hydrogen) atoms. The van der Waals surface area contributed by atoms with E-state index in [0.29, 0.717) is 6.20 Å². The maximum absolute atomic E-state index is 12.6. The van der Waals surface area contributed by atoms with Crippen LogP contribution in [0.25, 0.3) is 0 Å². The first-order valence-corrected chi connectivity index (χ1v) is 6.73. The Morgan fingerprint density at radius 3 is 2.54 bits per heavy atom. The highest BCUT2D eigenvalue weighted by Crippen LogP contribution is 2.35. The van der Waals surface area contributed by atoms with E-state index in [4.69, 9.17) is 21.1 Å². The van der Waals surface area contributed by atoms with E-state index in [9.17, 15) is 18.0 Å². The number of esters is 1. The quantitative estimate of drug-likeness (QED) is 0.206. The van der Waals surface area contributed by atoms with Gasteiger partial charge in [-0.15, -0.1) is 0 Å². The largest absolute Gasteiger partial charge is 0.444 e. The molecule has 0 unspecified atom stereocenters. The van der Waals surface area contributed by atoms with Crippen LogP contribution in [0.5, 0.6) is 0 Å². The molecular weight excluding hydrogens is 329 g/mol. The number of nitrogens with zero attached hydrogens (tertiary/aromatic N) is 2. The highest BCUT2D eigenvalue weighted by atomic mass is 19.4. The van der Waals surface area contributed by atoms with Crippen LogP contribution in [0.1, 0.15) is 17.7 Å². The molecule has 1 aliphatic rings. The number of hydrogen-bond acceptors (Lipinski definition) is 6. The Morgan fingerprint density at radius 2 is 2.12 bits per heavy atom. The number of aromatic nitrogens is 1. The molecule has 10 heteroatoms. The maximum atomic E-state index is 12.6. The van der Waals surface area contributed by atoms with Crippen molar-refractivity contribution in [2.45, 2.75) is 18.2 Å². The van der Waals surface area contributed by atoms with Crippen molar-refractivity contribution in [3.8, 4) is 0 Å². The number of pyridine rings is 1. The number of ether oxygens (including phenoxy) is 2. The van der Waals surface area contributed by atoms with E-state index in [1.165, 1.54) is 0 Å². The number of hydrazone groups is 1. The number of rotatable bonds is 5. The van der Waals surface area contributed by atoms with Crippen LogP contribution in [0.2, 0.25) is 0 Å². The summed E-state index contributed by atoms with van der Waals surface area (Å²) < 4.78 is 48.1. The molecule has 0 radical (unpaired) electrons. The fourth-order valence-electron chi connectivity index (χ4n) is 1.96. The zero-order valence-electron chi connectivity index (χ0n) is 12.5. The molecule has 2 rings (SSSR count). The van der Waals surface area contributed by atoms with Gasteiger partial charge in [-0.25, -0.2) is 4.79 Å². The molecule has 7 nitrogen and oxygen atoms in total. The van der Waals surface area contributed by atoms with E-state index in [0.717, 1.165) is 12.1 Å². The van der Waals surface area contributed by atoms with E-state index in [1.807, 2.05) is 0 Å². The lowest BCUT2D eigenvalue weighted by molar-refractivity contribution is -0.216. The zero-order valence-corrected chi connectivity index (χ0v) is 12.5. The van der Waals surface area contributed by atoms with E-state index >= 15 is 0 Å².